The molecule has 4 rings (SSSR count). The van der Waals surface area contributed by atoms with Gasteiger partial charge in [0.15, 0.2) is 12.4 Å². The molecule has 1 unspecified atom stereocenters. The number of rotatable bonds is 8. The Balaban J connectivity index is 1.37. The highest BCUT2D eigenvalue weighted by Crippen LogP contribution is 2.31. The van der Waals surface area contributed by atoms with Gasteiger partial charge in [-0.3, -0.25) is 4.90 Å². The van der Waals surface area contributed by atoms with Gasteiger partial charge in [0.1, 0.15) is 0 Å². The molecule has 0 amide bonds. The summed E-state index contributed by atoms with van der Waals surface area (Å²) in [5, 5.41) is 8.01. The number of hydrogen-bond acceptors (Lipinski definition) is 8. The predicted molar refractivity (Wildman–Crippen MR) is 123 cm³/mol. The number of benzene rings is 1. The van der Waals surface area contributed by atoms with Crippen LogP contribution in [0.2, 0.25) is 0 Å². The first-order valence-corrected chi connectivity index (χ1v) is 11.4. The highest BCUT2D eigenvalue weighted by molar-refractivity contribution is 8.00. The fraction of sp³-hybridized carbons (Fsp3) is 0.348. The number of hydrogen-bond donors (Lipinski definition) is 1. The molecule has 0 saturated heterocycles. The topological polar surface area (TPSA) is 72.4 Å². The molecule has 1 aromatic carbocycles. The normalized spacial score (nSPS) is 14.9. The van der Waals surface area contributed by atoms with E-state index in [1.54, 1.807) is 31.5 Å². The number of nitrogens with zero attached hydrogens (tertiary/aromatic N) is 4. The average Bonchev–Trinajstić information content (AvgIpc) is 2.85. The maximum absolute atomic E-state index is 12.3. The van der Waals surface area contributed by atoms with Gasteiger partial charge in [-0.2, -0.15) is 13.2 Å². The Morgan fingerprint density at radius 2 is 1.91 bits per heavy atom. The summed E-state index contributed by atoms with van der Waals surface area (Å²) in [6.07, 6.45) is -1.89. The first-order valence-electron chi connectivity index (χ1n) is 10.6. The van der Waals surface area contributed by atoms with E-state index in [2.05, 4.69) is 49.9 Å². The van der Waals surface area contributed by atoms with E-state index in [0.717, 1.165) is 30.0 Å². The zero-order chi connectivity index (χ0) is 24.1. The molecule has 1 atom stereocenters. The number of nitrogens with one attached hydrogen (secondary N) is 1. The molecule has 0 fully saturated rings. The molecule has 3 aromatic rings. The third kappa shape index (κ3) is 6.29. The standard InChI is InChI=1S/C23H24F3N5O2S/c1-15(17-4-7-21(27-12-17)33-14-23(24,25)26)31-10-9-16-3-5-19(11-18(16)13-31)34-30-20-6-8-22(32-2)29-28-20/h3-8,11-12,15H,9-10,13-14H2,1-2H3,(H,28,30). The molecule has 1 aliphatic heterocycles. The Morgan fingerprint density at radius 3 is 2.59 bits per heavy atom. The van der Waals surface area contributed by atoms with Crippen LogP contribution in [0.5, 0.6) is 11.8 Å². The highest BCUT2D eigenvalue weighted by atomic mass is 32.2. The van der Waals surface area contributed by atoms with Crippen LogP contribution in [0.25, 0.3) is 0 Å². The van der Waals surface area contributed by atoms with Gasteiger partial charge in [-0.05, 0) is 60.2 Å². The summed E-state index contributed by atoms with van der Waals surface area (Å²) in [5.74, 6) is 1.05. The van der Waals surface area contributed by atoms with Gasteiger partial charge in [0.05, 0.1) is 7.11 Å². The molecular weight excluding hydrogens is 467 g/mol. The van der Waals surface area contributed by atoms with E-state index in [9.17, 15) is 13.2 Å². The Hall–Kier alpha value is -3.05. The van der Waals surface area contributed by atoms with Gasteiger partial charge < -0.3 is 14.2 Å². The molecule has 7 nitrogen and oxygen atoms in total. The second-order valence-electron chi connectivity index (χ2n) is 7.83. The lowest BCUT2D eigenvalue weighted by Gasteiger charge is -2.34. The molecular formula is C23H24F3N5O2S. The van der Waals surface area contributed by atoms with Crippen LogP contribution in [0, 0.1) is 0 Å². The number of methoxy groups -OCH3 is 1. The van der Waals surface area contributed by atoms with Gasteiger partial charge >= 0.3 is 6.18 Å². The molecule has 0 saturated carbocycles. The Kier molecular flexibility index (Phi) is 7.42. The lowest BCUT2D eigenvalue weighted by Crippen LogP contribution is -2.33. The van der Waals surface area contributed by atoms with Crippen molar-refractivity contribution in [3.05, 3.63) is 65.4 Å². The van der Waals surface area contributed by atoms with E-state index in [4.69, 9.17) is 9.47 Å². The van der Waals surface area contributed by atoms with Crippen LogP contribution in [0.4, 0.5) is 19.0 Å². The molecule has 0 radical (unpaired) electrons. The van der Waals surface area contributed by atoms with Crippen molar-refractivity contribution >= 4 is 17.8 Å². The molecule has 1 N–H and O–H groups in total. The maximum atomic E-state index is 12.3. The summed E-state index contributed by atoms with van der Waals surface area (Å²) in [4.78, 5) is 7.42. The zero-order valence-corrected chi connectivity index (χ0v) is 19.5. The van der Waals surface area contributed by atoms with Gasteiger partial charge in [-0.1, -0.05) is 12.1 Å². The third-order valence-corrected chi connectivity index (χ3v) is 6.32. The number of pyridine rings is 1. The van der Waals surface area contributed by atoms with E-state index in [1.165, 1.54) is 29.1 Å². The summed E-state index contributed by atoms with van der Waals surface area (Å²) >= 11 is 1.46. The summed E-state index contributed by atoms with van der Waals surface area (Å²) < 4.78 is 49.9. The van der Waals surface area contributed by atoms with E-state index >= 15 is 0 Å². The third-order valence-electron chi connectivity index (χ3n) is 5.52. The smallest absolute Gasteiger partial charge is 0.422 e. The molecule has 3 heterocycles. The van der Waals surface area contributed by atoms with Crippen LogP contribution in [0.15, 0.2) is 53.6 Å². The van der Waals surface area contributed by atoms with Gasteiger partial charge in [0.2, 0.25) is 11.8 Å². The molecule has 2 aromatic heterocycles. The highest BCUT2D eigenvalue weighted by Gasteiger charge is 2.29. The largest absolute Gasteiger partial charge is 0.480 e. The fourth-order valence-electron chi connectivity index (χ4n) is 3.63. The van der Waals surface area contributed by atoms with Crippen LogP contribution in [-0.4, -0.2) is 46.5 Å². The van der Waals surface area contributed by atoms with Crippen LogP contribution in [0.3, 0.4) is 0 Å². The number of fused-ring (bicyclic) bond motifs is 1. The summed E-state index contributed by atoms with van der Waals surface area (Å²) in [5.41, 5.74) is 3.47. The predicted octanol–water partition coefficient (Wildman–Crippen LogP) is 5.06. The molecule has 0 spiro atoms. The Labute approximate surface area is 199 Å². The molecule has 180 valence electrons. The lowest BCUT2D eigenvalue weighted by atomic mass is 9.97. The molecule has 11 heteroatoms. The maximum Gasteiger partial charge on any atom is 0.422 e. The van der Waals surface area contributed by atoms with Gasteiger partial charge in [0, 0.05) is 42.4 Å². The quantitative estimate of drug-likeness (QED) is 0.439. The second-order valence-corrected chi connectivity index (χ2v) is 8.71. The Morgan fingerprint density at radius 1 is 1.09 bits per heavy atom. The van der Waals surface area contributed by atoms with Crippen molar-refractivity contribution in [2.45, 2.75) is 37.0 Å². The minimum absolute atomic E-state index is 0.0343. The fourth-order valence-corrected chi connectivity index (χ4v) is 4.30. The van der Waals surface area contributed by atoms with Crippen molar-refractivity contribution in [1.29, 1.82) is 0 Å². The number of halogens is 3. The summed E-state index contributed by atoms with van der Waals surface area (Å²) in [6.45, 7) is 2.37. The van der Waals surface area contributed by atoms with Crippen molar-refractivity contribution in [2.75, 3.05) is 25.0 Å². The van der Waals surface area contributed by atoms with Crippen LogP contribution >= 0.6 is 11.9 Å². The van der Waals surface area contributed by atoms with E-state index in [0.29, 0.717) is 11.7 Å². The van der Waals surface area contributed by atoms with Crippen LogP contribution < -0.4 is 14.2 Å². The minimum Gasteiger partial charge on any atom is -0.480 e. The van der Waals surface area contributed by atoms with Crippen molar-refractivity contribution in [3.63, 3.8) is 0 Å². The van der Waals surface area contributed by atoms with Crippen molar-refractivity contribution < 1.29 is 22.6 Å². The van der Waals surface area contributed by atoms with Gasteiger partial charge in [-0.15, -0.1) is 10.2 Å². The number of ether oxygens (including phenoxy) is 2. The summed E-state index contributed by atoms with van der Waals surface area (Å²) in [6, 6.07) is 13.2. The SMILES string of the molecule is COc1ccc(NSc2ccc3c(c2)CN(C(C)c2ccc(OCC(F)(F)F)nc2)CC3)nn1. The van der Waals surface area contributed by atoms with Crippen molar-refractivity contribution in [2.24, 2.45) is 0 Å². The number of aromatic nitrogens is 3. The first kappa shape index (κ1) is 24.1. The number of alkyl halides is 3. The first-order chi connectivity index (χ1) is 16.3. The monoisotopic (exact) mass is 491 g/mol. The van der Waals surface area contributed by atoms with Crippen LogP contribution in [-0.2, 0) is 13.0 Å². The number of anilines is 1. The molecule has 0 bridgehead atoms. The van der Waals surface area contributed by atoms with Crippen molar-refractivity contribution in [3.8, 4) is 11.8 Å². The van der Waals surface area contributed by atoms with Crippen LogP contribution in [0.1, 0.15) is 29.7 Å². The average molecular weight is 492 g/mol. The van der Waals surface area contributed by atoms with E-state index < -0.39 is 12.8 Å². The second kappa shape index (κ2) is 10.5. The lowest BCUT2D eigenvalue weighted by molar-refractivity contribution is -0.154. The molecule has 1 aliphatic rings. The van der Waals surface area contributed by atoms with Crippen molar-refractivity contribution in [1.82, 2.24) is 20.1 Å². The zero-order valence-electron chi connectivity index (χ0n) is 18.7. The molecule has 0 aliphatic carbocycles. The minimum atomic E-state index is -4.39. The van der Waals surface area contributed by atoms with E-state index in [1.807, 2.05) is 0 Å². The Bertz CT molecular complexity index is 1100. The molecule has 34 heavy (non-hydrogen) atoms. The summed E-state index contributed by atoms with van der Waals surface area (Å²) in [7, 11) is 1.54. The van der Waals surface area contributed by atoms with Gasteiger partial charge in [-0.25, -0.2) is 4.98 Å². The van der Waals surface area contributed by atoms with E-state index in [-0.39, 0.29) is 11.9 Å². The van der Waals surface area contributed by atoms with Gasteiger partial charge in [0.25, 0.3) is 0 Å².